The molecular weight excluding hydrogens is 204 g/mol. The van der Waals surface area contributed by atoms with Gasteiger partial charge in [-0.1, -0.05) is 0 Å². The third-order valence-corrected chi connectivity index (χ3v) is 2.43. The van der Waals surface area contributed by atoms with Crippen LogP contribution in [-0.4, -0.2) is 41.1 Å². The van der Waals surface area contributed by atoms with Gasteiger partial charge in [-0.3, -0.25) is 9.59 Å². The number of carbonyl (C=O) groups excluding carboxylic acids is 2. The SMILES string of the molecule is COC(C)C1NC(=S)N(C(C)=O)C1=O. The molecule has 1 aliphatic rings. The van der Waals surface area contributed by atoms with Crippen LogP contribution in [-0.2, 0) is 14.3 Å². The molecule has 0 saturated carbocycles. The maximum absolute atomic E-state index is 11.6. The van der Waals surface area contributed by atoms with Gasteiger partial charge in [-0.05, 0) is 19.1 Å². The van der Waals surface area contributed by atoms with Gasteiger partial charge >= 0.3 is 0 Å². The van der Waals surface area contributed by atoms with E-state index < -0.39 is 6.04 Å². The van der Waals surface area contributed by atoms with Crippen molar-refractivity contribution in [3.8, 4) is 0 Å². The van der Waals surface area contributed by atoms with Gasteiger partial charge < -0.3 is 10.1 Å². The molecule has 0 aliphatic carbocycles. The first-order valence-electron chi connectivity index (χ1n) is 4.17. The van der Waals surface area contributed by atoms with Crippen molar-refractivity contribution in [3.63, 3.8) is 0 Å². The first-order valence-corrected chi connectivity index (χ1v) is 4.57. The van der Waals surface area contributed by atoms with Crippen molar-refractivity contribution >= 4 is 29.1 Å². The fourth-order valence-electron chi connectivity index (χ4n) is 1.25. The Balaban J connectivity index is 2.84. The number of carbonyl (C=O) groups is 2. The molecule has 1 heterocycles. The second-order valence-electron chi connectivity index (χ2n) is 3.06. The normalized spacial score (nSPS) is 23.6. The number of imide groups is 1. The molecule has 2 amide bonds. The Labute approximate surface area is 87.4 Å². The fraction of sp³-hybridized carbons (Fsp3) is 0.625. The van der Waals surface area contributed by atoms with Crippen LogP contribution in [0.15, 0.2) is 0 Å². The van der Waals surface area contributed by atoms with Crippen LogP contribution in [0.2, 0.25) is 0 Å². The second kappa shape index (κ2) is 4.02. The first-order chi connectivity index (χ1) is 6.49. The molecule has 1 fully saturated rings. The zero-order valence-corrected chi connectivity index (χ0v) is 9.05. The average Bonchev–Trinajstić information content (AvgIpc) is 2.40. The van der Waals surface area contributed by atoms with Gasteiger partial charge in [0.25, 0.3) is 5.91 Å². The number of nitrogens with zero attached hydrogens (tertiary/aromatic N) is 1. The van der Waals surface area contributed by atoms with Gasteiger partial charge in [0, 0.05) is 14.0 Å². The summed E-state index contributed by atoms with van der Waals surface area (Å²) in [4.78, 5) is 23.6. The van der Waals surface area contributed by atoms with Crippen LogP contribution >= 0.6 is 12.2 Å². The number of ether oxygens (including phenoxy) is 1. The molecule has 14 heavy (non-hydrogen) atoms. The lowest BCUT2D eigenvalue weighted by Gasteiger charge is -2.15. The minimum absolute atomic E-state index is 0.149. The number of nitrogens with one attached hydrogen (secondary N) is 1. The van der Waals surface area contributed by atoms with Crippen LogP contribution in [0, 0.1) is 0 Å². The molecule has 1 aliphatic heterocycles. The van der Waals surface area contributed by atoms with Crippen molar-refractivity contribution in [2.24, 2.45) is 0 Å². The van der Waals surface area contributed by atoms with Crippen molar-refractivity contribution in [2.75, 3.05) is 7.11 Å². The van der Waals surface area contributed by atoms with Crippen LogP contribution in [0.1, 0.15) is 13.8 Å². The number of thiocarbonyl (C=S) groups is 1. The molecule has 6 heteroatoms. The molecule has 0 aromatic rings. The van der Waals surface area contributed by atoms with E-state index in [0.29, 0.717) is 0 Å². The van der Waals surface area contributed by atoms with Crippen LogP contribution in [0.25, 0.3) is 0 Å². The summed E-state index contributed by atoms with van der Waals surface area (Å²) in [7, 11) is 1.50. The maximum Gasteiger partial charge on any atom is 0.260 e. The summed E-state index contributed by atoms with van der Waals surface area (Å²) < 4.78 is 5.00. The summed E-state index contributed by atoms with van der Waals surface area (Å²) in [6.45, 7) is 3.04. The molecule has 0 aromatic carbocycles. The predicted octanol–water partition coefficient (Wildman–Crippen LogP) is -0.347. The monoisotopic (exact) mass is 216 g/mol. The Hall–Kier alpha value is -1.01. The van der Waals surface area contributed by atoms with Gasteiger partial charge in [0.2, 0.25) is 5.91 Å². The van der Waals surface area contributed by atoms with Crippen LogP contribution in [0.5, 0.6) is 0 Å². The van der Waals surface area contributed by atoms with Gasteiger partial charge in [0.05, 0.1) is 6.10 Å². The van der Waals surface area contributed by atoms with Crippen LogP contribution in [0.3, 0.4) is 0 Å². The lowest BCUT2D eigenvalue weighted by Crippen LogP contribution is -2.41. The molecule has 78 valence electrons. The quantitative estimate of drug-likeness (QED) is 0.640. The van der Waals surface area contributed by atoms with Crippen molar-refractivity contribution in [2.45, 2.75) is 26.0 Å². The number of rotatable bonds is 2. The second-order valence-corrected chi connectivity index (χ2v) is 3.45. The first kappa shape index (κ1) is 11.1. The zero-order chi connectivity index (χ0) is 10.9. The fourth-order valence-corrected chi connectivity index (χ4v) is 1.60. The van der Waals surface area contributed by atoms with Gasteiger partial charge in [-0.2, -0.15) is 0 Å². The van der Waals surface area contributed by atoms with Crippen molar-refractivity contribution in [3.05, 3.63) is 0 Å². The summed E-state index contributed by atoms with van der Waals surface area (Å²) in [5.41, 5.74) is 0. The van der Waals surface area contributed by atoms with E-state index >= 15 is 0 Å². The molecule has 0 spiro atoms. The van der Waals surface area contributed by atoms with Gasteiger partial charge in [-0.25, -0.2) is 4.90 Å². The lowest BCUT2D eigenvalue weighted by atomic mass is 10.2. The molecule has 2 unspecified atom stereocenters. The van der Waals surface area contributed by atoms with E-state index in [4.69, 9.17) is 17.0 Å². The molecule has 0 radical (unpaired) electrons. The summed E-state index contributed by atoms with van der Waals surface area (Å²) in [6, 6.07) is -0.559. The van der Waals surface area contributed by atoms with E-state index in [1.54, 1.807) is 6.92 Å². The molecule has 0 aromatic heterocycles. The highest BCUT2D eigenvalue weighted by Crippen LogP contribution is 2.11. The van der Waals surface area contributed by atoms with E-state index in [0.717, 1.165) is 4.90 Å². The Bertz CT molecular complexity index is 292. The smallest absolute Gasteiger partial charge is 0.260 e. The molecule has 1 saturated heterocycles. The summed E-state index contributed by atoms with van der Waals surface area (Å²) in [5, 5.41) is 2.90. The van der Waals surface area contributed by atoms with E-state index in [2.05, 4.69) is 5.32 Å². The average molecular weight is 216 g/mol. The molecule has 0 bridgehead atoms. The number of methoxy groups -OCH3 is 1. The highest BCUT2D eigenvalue weighted by molar-refractivity contribution is 7.80. The third-order valence-electron chi connectivity index (χ3n) is 2.12. The highest BCUT2D eigenvalue weighted by Gasteiger charge is 2.40. The molecule has 1 rings (SSSR count). The minimum Gasteiger partial charge on any atom is -0.379 e. The summed E-state index contributed by atoms with van der Waals surface area (Å²) in [6.07, 6.45) is -0.315. The summed E-state index contributed by atoms with van der Waals surface area (Å²) >= 11 is 4.86. The topological polar surface area (TPSA) is 58.6 Å². The number of hydrogen-bond donors (Lipinski definition) is 1. The van der Waals surface area contributed by atoms with E-state index in [1.807, 2.05) is 0 Å². The third kappa shape index (κ3) is 1.76. The van der Waals surface area contributed by atoms with E-state index in [-0.39, 0.29) is 23.0 Å². The summed E-state index contributed by atoms with van der Waals surface area (Å²) in [5.74, 6) is -0.727. The Morgan fingerprint density at radius 1 is 1.71 bits per heavy atom. The van der Waals surface area contributed by atoms with Gasteiger partial charge in [0.15, 0.2) is 5.11 Å². The Morgan fingerprint density at radius 2 is 2.29 bits per heavy atom. The predicted molar refractivity (Wildman–Crippen MR) is 53.5 cm³/mol. The lowest BCUT2D eigenvalue weighted by molar-refractivity contribution is -0.139. The van der Waals surface area contributed by atoms with E-state index in [1.165, 1.54) is 14.0 Å². The molecule has 2 atom stereocenters. The largest absolute Gasteiger partial charge is 0.379 e. The minimum atomic E-state index is -0.559. The van der Waals surface area contributed by atoms with Crippen LogP contribution in [0.4, 0.5) is 0 Å². The van der Waals surface area contributed by atoms with E-state index in [9.17, 15) is 9.59 Å². The molecule has 5 nitrogen and oxygen atoms in total. The van der Waals surface area contributed by atoms with Gasteiger partial charge in [0.1, 0.15) is 6.04 Å². The van der Waals surface area contributed by atoms with Crippen LogP contribution < -0.4 is 5.32 Å². The Kier molecular flexibility index (Phi) is 3.17. The highest BCUT2D eigenvalue weighted by atomic mass is 32.1. The zero-order valence-electron chi connectivity index (χ0n) is 8.23. The number of amides is 2. The number of hydrogen-bond acceptors (Lipinski definition) is 4. The molecule has 1 N–H and O–H groups in total. The van der Waals surface area contributed by atoms with Gasteiger partial charge in [-0.15, -0.1) is 0 Å². The standard InChI is InChI=1S/C8H12N2O3S/c1-4(13-3)6-7(12)10(5(2)11)8(14)9-6/h4,6H,1-3H3,(H,9,14). The van der Waals surface area contributed by atoms with Crippen molar-refractivity contribution in [1.82, 2.24) is 10.2 Å². The molecular formula is C8H12N2O3S. The Morgan fingerprint density at radius 3 is 2.64 bits per heavy atom. The van der Waals surface area contributed by atoms with Crippen molar-refractivity contribution in [1.29, 1.82) is 0 Å². The van der Waals surface area contributed by atoms with Crippen molar-refractivity contribution < 1.29 is 14.3 Å². The maximum atomic E-state index is 11.6.